The lowest BCUT2D eigenvalue weighted by Crippen LogP contribution is -1.93. The molecule has 0 aliphatic heterocycles. The normalized spacial score (nSPS) is 10.6. The van der Waals surface area contributed by atoms with Crippen molar-refractivity contribution in [1.29, 1.82) is 0 Å². The van der Waals surface area contributed by atoms with Gasteiger partial charge in [-0.2, -0.15) is 0 Å². The summed E-state index contributed by atoms with van der Waals surface area (Å²) in [6, 6.07) is 0. The molecule has 0 fully saturated rings. The fourth-order valence-electron chi connectivity index (χ4n) is 5.44. The van der Waals surface area contributed by atoms with E-state index in [1.807, 2.05) is 0 Å². The third-order valence-electron chi connectivity index (χ3n) is 8.36. The molecule has 0 aromatic carbocycles. The molecule has 0 radical (unpaired) electrons. The molecule has 0 aliphatic rings. The van der Waals surface area contributed by atoms with Gasteiger partial charge in [0.15, 0.2) is 0 Å². The third kappa shape index (κ3) is 59.1. The molecule has 0 atom stereocenters. The van der Waals surface area contributed by atoms with Gasteiger partial charge in [0.2, 0.25) is 0 Å². The standard InChI is InChI=1S/2C18H36O2.C4H4O4/c2*1-2-3-4-5-6-7-8-9-10-11-12-13-14-15-16-17-18(19)20;5-3(6)1-2-4(7)8/h2*2-17H2,1H3,(H,19,20);1-2H,(H,5,6)(H,7,8)/b;;2-1-. The molecule has 48 heavy (non-hydrogen) atoms. The first kappa shape index (κ1) is 50.0. The van der Waals surface area contributed by atoms with E-state index in [0.717, 1.165) is 25.7 Å². The van der Waals surface area contributed by atoms with Crippen LogP contribution in [0.2, 0.25) is 0 Å². The van der Waals surface area contributed by atoms with Gasteiger partial charge in [0, 0.05) is 25.0 Å². The van der Waals surface area contributed by atoms with E-state index in [-0.39, 0.29) is 0 Å². The van der Waals surface area contributed by atoms with Crippen molar-refractivity contribution in [1.82, 2.24) is 0 Å². The summed E-state index contributed by atoms with van der Waals surface area (Å²) in [5, 5.41) is 32.7. The minimum absolute atomic E-state index is 0.345. The Bertz CT molecular complexity index is 675. The summed E-state index contributed by atoms with van der Waals surface area (Å²) in [4.78, 5) is 39.8. The predicted molar refractivity (Wildman–Crippen MR) is 199 cm³/mol. The van der Waals surface area contributed by atoms with Crippen molar-refractivity contribution in [3.05, 3.63) is 12.2 Å². The monoisotopic (exact) mass is 685 g/mol. The second-order valence-corrected chi connectivity index (χ2v) is 13.2. The van der Waals surface area contributed by atoms with Crippen molar-refractivity contribution in [3.8, 4) is 0 Å². The molecule has 0 rings (SSSR count). The maximum Gasteiger partial charge on any atom is 0.328 e. The Balaban J connectivity index is -0.000000689. The highest BCUT2D eigenvalue weighted by Gasteiger charge is 1.98. The van der Waals surface area contributed by atoms with Crippen LogP contribution in [0.25, 0.3) is 0 Å². The number of carboxylic acid groups (broad SMARTS) is 4. The summed E-state index contributed by atoms with van der Waals surface area (Å²) < 4.78 is 0. The van der Waals surface area contributed by atoms with Crippen LogP contribution in [0.1, 0.15) is 219 Å². The zero-order valence-electron chi connectivity index (χ0n) is 31.2. The van der Waals surface area contributed by atoms with Gasteiger partial charge in [-0.05, 0) is 12.8 Å². The van der Waals surface area contributed by atoms with E-state index in [2.05, 4.69) is 13.8 Å². The van der Waals surface area contributed by atoms with Crippen molar-refractivity contribution in [2.45, 2.75) is 219 Å². The van der Waals surface area contributed by atoms with E-state index in [1.165, 1.54) is 167 Å². The molecule has 0 saturated heterocycles. The van der Waals surface area contributed by atoms with Gasteiger partial charge in [-0.3, -0.25) is 9.59 Å². The Labute approximate surface area is 294 Å². The van der Waals surface area contributed by atoms with Crippen LogP contribution >= 0.6 is 0 Å². The van der Waals surface area contributed by atoms with Crippen LogP contribution < -0.4 is 0 Å². The second-order valence-electron chi connectivity index (χ2n) is 13.2. The quantitative estimate of drug-likeness (QED) is 0.0386. The van der Waals surface area contributed by atoms with Gasteiger partial charge in [-0.15, -0.1) is 0 Å². The first-order valence-electron chi connectivity index (χ1n) is 19.7. The Hall–Kier alpha value is -2.38. The maximum absolute atomic E-state index is 10.3. The SMILES string of the molecule is CCCCCCCCCCCCCCCCCC(=O)O.CCCCCCCCCCCCCCCCCC(=O)O.O=C(O)/C=C\C(=O)O. The van der Waals surface area contributed by atoms with E-state index in [4.69, 9.17) is 20.4 Å². The van der Waals surface area contributed by atoms with E-state index < -0.39 is 23.9 Å². The molecule has 0 spiro atoms. The number of carboxylic acids is 4. The Kier molecular flexibility index (Phi) is 46.5. The molecule has 284 valence electrons. The molecule has 8 nitrogen and oxygen atoms in total. The number of hydrogen-bond acceptors (Lipinski definition) is 4. The van der Waals surface area contributed by atoms with E-state index in [1.54, 1.807) is 0 Å². The lowest BCUT2D eigenvalue weighted by Gasteiger charge is -2.03. The largest absolute Gasteiger partial charge is 0.481 e. The summed E-state index contributed by atoms with van der Waals surface area (Å²) in [6.45, 7) is 4.54. The summed E-state index contributed by atoms with van der Waals surface area (Å²) in [6.07, 6.45) is 41.5. The van der Waals surface area contributed by atoms with Crippen LogP contribution in [0.15, 0.2) is 12.2 Å². The van der Waals surface area contributed by atoms with Crippen molar-refractivity contribution in [2.24, 2.45) is 0 Å². The van der Waals surface area contributed by atoms with Crippen LogP contribution in [0.4, 0.5) is 0 Å². The average molecular weight is 685 g/mol. The highest BCUT2D eigenvalue weighted by Crippen LogP contribution is 2.15. The van der Waals surface area contributed by atoms with Gasteiger partial charge in [-0.25, -0.2) is 9.59 Å². The van der Waals surface area contributed by atoms with Crippen LogP contribution in [-0.2, 0) is 19.2 Å². The number of unbranched alkanes of at least 4 members (excludes halogenated alkanes) is 28. The van der Waals surface area contributed by atoms with Gasteiger partial charge < -0.3 is 20.4 Å². The Morgan fingerprint density at radius 1 is 0.312 bits per heavy atom. The fourth-order valence-corrected chi connectivity index (χ4v) is 5.44. The van der Waals surface area contributed by atoms with Gasteiger partial charge in [0.1, 0.15) is 0 Å². The molecule has 0 aromatic rings. The average Bonchev–Trinajstić information content (AvgIpc) is 3.04. The molecule has 0 aromatic heterocycles. The minimum Gasteiger partial charge on any atom is -0.481 e. The molecule has 4 N–H and O–H groups in total. The van der Waals surface area contributed by atoms with Gasteiger partial charge >= 0.3 is 23.9 Å². The molecule has 0 aliphatic carbocycles. The van der Waals surface area contributed by atoms with Crippen molar-refractivity contribution < 1.29 is 39.6 Å². The predicted octanol–water partition coefficient (Wildman–Crippen LogP) is 12.4. The van der Waals surface area contributed by atoms with Gasteiger partial charge in [0.25, 0.3) is 0 Å². The van der Waals surface area contributed by atoms with Gasteiger partial charge in [-0.1, -0.05) is 194 Å². The first-order valence-corrected chi connectivity index (χ1v) is 19.7. The molecule has 0 amide bonds. The smallest absolute Gasteiger partial charge is 0.328 e. The number of aliphatic carboxylic acids is 4. The molecular formula is C40H76O8. The van der Waals surface area contributed by atoms with Crippen molar-refractivity contribution in [2.75, 3.05) is 0 Å². The summed E-state index contributed by atoms with van der Waals surface area (Å²) >= 11 is 0. The van der Waals surface area contributed by atoms with Crippen LogP contribution in [0.3, 0.4) is 0 Å². The zero-order valence-corrected chi connectivity index (χ0v) is 31.2. The lowest BCUT2D eigenvalue weighted by molar-refractivity contribution is -0.138. The van der Waals surface area contributed by atoms with Crippen LogP contribution in [-0.4, -0.2) is 44.3 Å². The van der Waals surface area contributed by atoms with E-state index in [0.29, 0.717) is 25.0 Å². The number of hydrogen-bond donors (Lipinski definition) is 4. The maximum atomic E-state index is 10.3. The van der Waals surface area contributed by atoms with E-state index >= 15 is 0 Å². The number of carbonyl (C=O) groups is 4. The van der Waals surface area contributed by atoms with Crippen molar-refractivity contribution in [3.63, 3.8) is 0 Å². The molecule has 0 heterocycles. The topological polar surface area (TPSA) is 149 Å². The lowest BCUT2D eigenvalue weighted by atomic mass is 10.0. The Morgan fingerprint density at radius 2 is 0.479 bits per heavy atom. The zero-order chi connectivity index (χ0) is 36.4. The second kappa shape index (κ2) is 44.6. The van der Waals surface area contributed by atoms with E-state index in [9.17, 15) is 19.2 Å². The molecular weight excluding hydrogens is 608 g/mol. The summed E-state index contributed by atoms with van der Waals surface area (Å²) in [7, 11) is 0. The fraction of sp³-hybridized carbons (Fsp3) is 0.850. The highest BCUT2D eigenvalue weighted by molar-refractivity contribution is 5.89. The first-order chi connectivity index (χ1) is 23.2. The molecule has 0 bridgehead atoms. The summed E-state index contributed by atoms with van der Waals surface area (Å²) in [5.74, 6) is -3.82. The third-order valence-corrected chi connectivity index (χ3v) is 8.36. The summed E-state index contributed by atoms with van der Waals surface area (Å²) in [5.41, 5.74) is 0. The molecule has 0 unspecified atom stereocenters. The molecule has 8 heteroatoms. The minimum atomic E-state index is -1.26. The van der Waals surface area contributed by atoms with Gasteiger partial charge in [0.05, 0.1) is 0 Å². The van der Waals surface area contributed by atoms with Crippen LogP contribution in [0, 0.1) is 0 Å². The highest BCUT2D eigenvalue weighted by atomic mass is 16.4. The Morgan fingerprint density at radius 3 is 0.625 bits per heavy atom. The number of rotatable bonds is 34. The molecule has 0 saturated carbocycles. The van der Waals surface area contributed by atoms with Crippen molar-refractivity contribution >= 4 is 23.9 Å². The van der Waals surface area contributed by atoms with Crippen LogP contribution in [0.5, 0.6) is 0 Å².